The Kier molecular flexibility index (Phi) is 3.73. The highest BCUT2D eigenvalue weighted by Crippen LogP contribution is 2.22. The fourth-order valence-corrected chi connectivity index (χ4v) is 1.96. The van der Waals surface area contributed by atoms with Crippen molar-refractivity contribution in [2.24, 2.45) is 0 Å². The maximum atomic E-state index is 12.2. The average molecular weight is 279 g/mol. The quantitative estimate of drug-likeness (QED) is 0.797. The molecule has 3 rings (SSSR count). The molecule has 0 fully saturated rings. The lowest BCUT2D eigenvalue weighted by Crippen LogP contribution is -2.24. The maximum Gasteiger partial charge on any atom is 0.274 e. The molecule has 0 atom stereocenters. The number of nitrogens with one attached hydrogen (secondary N) is 1. The van der Waals surface area contributed by atoms with Crippen LogP contribution in [0.2, 0.25) is 0 Å². The van der Waals surface area contributed by atoms with Crippen LogP contribution in [-0.2, 0) is 6.54 Å². The number of nitrogens with zero attached hydrogens (tertiary/aromatic N) is 2. The molecule has 0 saturated heterocycles. The van der Waals surface area contributed by atoms with Gasteiger partial charge in [0.25, 0.3) is 5.91 Å². The number of rotatable bonds is 4. The molecule has 0 saturated carbocycles. The van der Waals surface area contributed by atoms with Gasteiger partial charge in [-0.2, -0.15) is 0 Å². The molecule has 104 valence electrons. The molecule has 21 heavy (non-hydrogen) atoms. The van der Waals surface area contributed by atoms with Crippen LogP contribution >= 0.6 is 0 Å². The number of carbonyl (C=O) groups excluding carboxylic acids is 1. The van der Waals surface area contributed by atoms with Gasteiger partial charge >= 0.3 is 0 Å². The molecule has 1 aromatic carbocycles. The number of pyridine rings is 1. The van der Waals surface area contributed by atoms with E-state index in [0.29, 0.717) is 12.3 Å². The molecule has 0 aliphatic rings. The van der Waals surface area contributed by atoms with Crippen molar-refractivity contribution in [1.82, 2.24) is 15.3 Å². The number of hydrogen-bond donors (Lipinski definition) is 1. The van der Waals surface area contributed by atoms with E-state index in [9.17, 15) is 4.79 Å². The second-order valence-corrected chi connectivity index (χ2v) is 4.40. The van der Waals surface area contributed by atoms with Gasteiger partial charge in [-0.3, -0.25) is 9.78 Å². The molecule has 1 amide bonds. The van der Waals surface area contributed by atoms with Crippen LogP contribution in [-0.4, -0.2) is 15.9 Å². The van der Waals surface area contributed by atoms with Crippen LogP contribution in [0.3, 0.4) is 0 Å². The largest absolute Gasteiger partial charge is 0.443 e. The van der Waals surface area contributed by atoms with Crippen molar-refractivity contribution in [1.29, 1.82) is 0 Å². The molecule has 5 heteroatoms. The summed E-state index contributed by atoms with van der Waals surface area (Å²) in [6.45, 7) is 0.348. The lowest BCUT2D eigenvalue weighted by Gasteiger charge is -2.04. The number of aromatic nitrogens is 2. The third-order valence-electron chi connectivity index (χ3n) is 2.97. The predicted molar refractivity (Wildman–Crippen MR) is 77.3 cm³/mol. The number of carbonyl (C=O) groups is 1. The van der Waals surface area contributed by atoms with Crippen LogP contribution in [0, 0.1) is 0 Å². The van der Waals surface area contributed by atoms with Gasteiger partial charge in [-0.25, -0.2) is 4.98 Å². The van der Waals surface area contributed by atoms with Gasteiger partial charge in [0.15, 0.2) is 17.8 Å². The van der Waals surface area contributed by atoms with Crippen molar-refractivity contribution < 1.29 is 9.21 Å². The van der Waals surface area contributed by atoms with Crippen LogP contribution in [0.25, 0.3) is 11.3 Å². The first kappa shape index (κ1) is 13.1. The predicted octanol–water partition coefficient (Wildman–Crippen LogP) is 2.67. The van der Waals surface area contributed by atoms with Gasteiger partial charge < -0.3 is 9.73 Å². The second-order valence-electron chi connectivity index (χ2n) is 4.40. The average Bonchev–Trinajstić information content (AvgIpc) is 3.04. The van der Waals surface area contributed by atoms with Gasteiger partial charge in [0, 0.05) is 11.8 Å². The third kappa shape index (κ3) is 2.97. The molecule has 2 heterocycles. The van der Waals surface area contributed by atoms with Gasteiger partial charge in [0.2, 0.25) is 0 Å². The van der Waals surface area contributed by atoms with E-state index in [0.717, 1.165) is 11.3 Å². The van der Waals surface area contributed by atoms with Crippen LogP contribution in [0.5, 0.6) is 0 Å². The Labute approximate surface area is 121 Å². The van der Waals surface area contributed by atoms with Crippen molar-refractivity contribution in [2.75, 3.05) is 0 Å². The lowest BCUT2D eigenvalue weighted by atomic mass is 10.1. The van der Waals surface area contributed by atoms with Crippen LogP contribution in [0.1, 0.15) is 16.2 Å². The summed E-state index contributed by atoms with van der Waals surface area (Å²) in [5.41, 5.74) is 1.88. The first-order valence-corrected chi connectivity index (χ1v) is 6.51. The SMILES string of the molecule is O=C(NCc1ccccn1)c1ncoc1-c1ccccc1. The highest BCUT2D eigenvalue weighted by atomic mass is 16.3. The Morgan fingerprint density at radius 1 is 1.05 bits per heavy atom. The molecular formula is C16H13N3O2. The zero-order valence-electron chi connectivity index (χ0n) is 11.2. The summed E-state index contributed by atoms with van der Waals surface area (Å²) in [5.74, 6) is 0.183. The summed E-state index contributed by atoms with van der Waals surface area (Å²) in [7, 11) is 0. The van der Waals surface area contributed by atoms with Gasteiger partial charge in [0.1, 0.15) is 0 Å². The monoisotopic (exact) mass is 279 g/mol. The Hall–Kier alpha value is -2.95. The van der Waals surface area contributed by atoms with Crippen LogP contribution in [0.4, 0.5) is 0 Å². The van der Waals surface area contributed by atoms with E-state index in [4.69, 9.17) is 4.42 Å². The van der Waals surface area contributed by atoms with Gasteiger partial charge in [-0.05, 0) is 12.1 Å². The fraction of sp³-hybridized carbons (Fsp3) is 0.0625. The first-order valence-electron chi connectivity index (χ1n) is 6.51. The molecule has 0 unspecified atom stereocenters. The van der Waals surface area contributed by atoms with E-state index in [1.165, 1.54) is 6.39 Å². The summed E-state index contributed by atoms with van der Waals surface area (Å²) in [6, 6.07) is 15.0. The third-order valence-corrected chi connectivity index (χ3v) is 2.97. The van der Waals surface area contributed by atoms with Crippen molar-refractivity contribution in [3.63, 3.8) is 0 Å². The minimum absolute atomic E-state index is 0.275. The van der Waals surface area contributed by atoms with E-state index < -0.39 is 0 Å². The zero-order valence-corrected chi connectivity index (χ0v) is 11.2. The molecule has 5 nitrogen and oxygen atoms in total. The maximum absolute atomic E-state index is 12.2. The first-order chi connectivity index (χ1) is 10.3. The number of oxazole rings is 1. The molecule has 0 radical (unpaired) electrons. The van der Waals surface area contributed by atoms with E-state index in [1.807, 2.05) is 48.5 Å². The molecule has 3 aromatic rings. The number of amides is 1. The summed E-state index contributed by atoms with van der Waals surface area (Å²) >= 11 is 0. The highest BCUT2D eigenvalue weighted by molar-refractivity contribution is 5.97. The molecule has 2 aromatic heterocycles. The Balaban J connectivity index is 1.76. The van der Waals surface area contributed by atoms with E-state index in [1.54, 1.807) is 6.20 Å². The minimum Gasteiger partial charge on any atom is -0.443 e. The Bertz CT molecular complexity index is 724. The molecule has 0 bridgehead atoms. The van der Waals surface area contributed by atoms with Gasteiger partial charge in [0.05, 0.1) is 12.2 Å². The normalized spacial score (nSPS) is 10.3. The minimum atomic E-state index is -0.284. The molecular weight excluding hydrogens is 266 g/mol. The molecule has 0 aliphatic carbocycles. The van der Waals surface area contributed by atoms with Crippen LogP contribution < -0.4 is 5.32 Å². The molecule has 0 spiro atoms. The Morgan fingerprint density at radius 2 is 1.86 bits per heavy atom. The fourth-order valence-electron chi connectivity index (χ4n) is 1.96. The Morgan fingerprint density at radius 3 is 2.62 bits per heavy atom. The highest BCUT2D eigenvalue weighted by Gasteiger charge is 2.17. The number of hydrogen-bond acceptors (Lipinski definition) is 4. The topological polar surface area (TPSA) is 68.0 Å². The van der Waals surface area contributed by atoms with Crippen molar-refractivity contribution >= 4 is 5.91 Å². The summed E-state index contributed by atoms with van der Waals surface area (Å²) in [4.78, 5) is 20.4. The van der Waals surface area contributed by atoms with Crippen molar-refractivity contribution in [3.05, 3.63) is 72.5 Å². The smallest absolute Gasteiger partial charge is 0.274 e. The van der Waals surface area contributed by atoms with E-state index in [2.05, 4.69) is 15.3 Å². The summed E-state index contributed by atoms with van der Waals surface area (Å²) in [5, 5.41) is 2.79. The standard InChI is InChI=1S/C16H13N3O2/c20-16(18-10-13-8-4-5-9-17-13)14-15(21-11-19-14)12-6-2-1-3-7-12/h1-9,11H,10H2,(H,18,20). The number of benzene rings is 1. The zero-order chi connectivity index (χ0) is 14.5. The summed E-state index contributed by atoms with van der Waals surface area (Å²) < 4.78 is 5.34. The molecule has 1 N–H and O–H groups in total. The lowest BCUT2D eigenvalue weighted by molar-refractivity contribution is 0.0946. The van der Waals surface area contributed by atoms with Gasteiger partial charge in [-0.15, -0.1) is 0 Å². The van der Waals surface area contributed by atoms with Gasteiger partial charge in [-0.1, -0.05) is 36.4 Å². The van der Waals surface area contributed by atoms with Crippen molar-refractivity contribution in [3.8, 4) is 11.3 Å². The van der Waals surface area contributed by atoms with Crippen molar-refractivity contribution in [2.45, 2.75) is 6.54 Å². The van der Waals surface area contributed by atoms with Crippen LogP contribution in [0.15, 0.2) is 65.5 Å². The van der Waals surface area contributed by atoms with E-state index in [-0.39, 0.29) is 11.6 Å². The second kappa shape index (κ2) is 6.00. The van der Waals surface area contributed by atoms with E-state index >= 15 is 0 Å². The molecule has 0 aliphatic heterocycles. The summed E-state index contributed by atoms with van der Waals surface area (Å²) in [6.07, 6.45) is 2.96.